The Labute approximate surface area is 107 Å². The summed E-state index contributed by atoms with van der Waals surface area (Å²) in [5.41, 5.74) is 0.434. The van der Waals surface area contributed by atoms with Gasteiger partial charge in [0.05, 0.1) is 4.70 Å². The fourth-order valence-corrected chi connectivity index (χ4v) is 2.07. The lowest BCUT2D eigenvalue weighted by atomic mass is 10.3. The molecule has 1 N–H and O–H groups in total. The smallest absolute Gasteiger partial charge is 0.412 e. The van der Waals surface area contributed by atoms with Crippen LogP contribution in [0.5, 0.6) is 5.75 Å². The Bertz CT molecular complexity index is 601. The molecule has 0 spiro atoms. The van der Waals surface area contributed by atoms with E-state index in [1.165, 1.54) is 6.07 Å². The van der Waals surface area contributed by atoms with E-state index in [9.17, 15) is 9.59 Å². The number of ether oxygens (including phenoxy) is 1. The molecule has 2 aromatic rings. The summed E-state index contributed by atoms with van der Waals surface area (Å²) in [5, 5.41) is 2.63. The molecule has 0 aliphatic rings. The van der Waals surface area contributed by atoms with Gasteiger partial charge in [-0.05, 0) is 18.6 Å². The fourth-order valence-electron chi connectivity index (χ4n) is 1.43. The molecule has 0 unspecified atom stereocenters. The first-order valence-corrected chi connectivity index (χ1v) is 6.50. The number of hydrogen-bond donors (Lipinski definition) is 1. The second-order valence-electron chi connectivity index (χ2n) is 3.73. The van der Waals surface area contributed by atoms with Crippen LogP contribution in [-0.4, -0.2) is 12.6 Å². The third-order valence-electron chi connectivity index (χ3n) is 2.31. The summed E-state index contributed by atoms with van der Waals surface area (Å²) in [6.45, 7) is 2.63. The highest BCUT2D eigenvalue weighted by molar-refractivity contribution is 7.16. The lowest BCUT2D eigenvalue weighted by Crippen LogP contribution is -2.27. The Morgan fingerprint density at radius 2 is 2.33 bits per heavy atom. The van der Waals surface area contributed by atoms with Gasteiger partial charge in [-0.3, -0.25) is 0 Å². The number of amides is 1. The number of carbonyl (C=O) groups excluding carboxylic acids is 1. The number of rotatable bonds is 4. The van der Waals surface area contributed by atoms with E-state index in [1.807, 2.05) is 6.92 Å². The van der Waals surface area contributed by atoms with E-state index >= 15 is 0 Å². The SMILES string of the molecule is CCCCNC(=O)Oc1ccc2sc(=O)oc2c1. The Balaban J connectivity index is 2.02. The quantitative estimate of drug-likeness (QED) is 0.865. The first kappa shape index (κ1) is 12.6. The van der Waals surface area contributed by atoms with E-state index in [2.05, 4.69) is 5.32 Å². The average Bonchev–Trinajstić information content (AvgIpc) is 2.69. The van der Waals surface area contributed by atoms with Crippen molar-refractivity contribution in [1.82, 2.24) is 5.32 Å². The number of nitrogens with one attached hydrogen (secondary N) is 1. The van der Waals surface area contributed by atoms with Crippen molar-refractivity contribution in [2.75, 3.05) is 6.54 Å². The van der Waals surface area contributed by atoms with Crippen molar-refractivity contribution in [1.29, 1.82) is 0 Å². The van der Waals surface area contributed by atoms with Gasteiger partial charge in [0.1, 0.15) is 5.75 Å². The molecule has 6 heteroatoms. The van der Waals surface area contributed by atoms with E-state index in [1.54, 1.807) is 12.1 Å². The van der Waals surface area contributed by atoms with Crippen molar-refractivity contribution >= 4 is 27.7 Å². The van der Waals surface area contributed by atoms with Gasteiger partial charge in [0.15, 0.2) is 5.58 Å². The first-order chi connectivity index (χ1) is 8.69. The van der Waals surface area contributed by atoms with Crippen LogP contribution in [-0.2, 0) is 0 Å². The number of carbonyl (C=O) groups is 1. The molecule has 0 fully saturated rings. The first-order valence-electron chi connectivity index (χ1n) is 5.68. The minimum Gasteiger partial charge on any atom is -0.414 e. The topological polar surface area (TPSA) is 68.5 Å². The predicted octanol–water partition coefficient (Wildman–Crippen LogP) is 2.74. The highest BCUT2D eigenvalue weighted by Crippen LogP contribution is 2.22. The minimum atomic E-state index is -0.500. The number of fused-ring (bicyclic) bond motifs is 1. The molecule has 1 aromatic carbocycles. The molecule has 1 heterocycles. The molecule has 0 saturated carbocycles. The normalized spacial score (nSPS) is 10.5. The highest BCUT2D eigenvalue weighted by atomic mass is 32.1. The Kier molecular flexibility index (Phi) is 3.99. The number of hydrogen-bond acceptors (Lipinski definition) is 5. The maximum absolute atomic E-state index is 11.4. The zero-order valence-corrected chi connectivity index (χ0v) is 10.7. The molecule has 0 aliphatic carbocycles. The average molecular weight is 267 g/mol. The van der Waals surface area contributed by atoms with E-state index in [0.717, 1.165) is 28.9 Å². The summed E-state index contributed by atoms with van der Waals surface area (Å²) in [5.74, 6) is 0.359. The standard InChI is InChI=1S/C12H13NO4S/c1-2-3-6-13-11(14)16-8-4-5-10-9(7-8)17-12(15)18-10/h4-5,7H,2-3,6H2,1H3,(H,13,14). The van der Waals surface area contributed by atoms with Crippen molar-refractivity contribution in [3.8, 4) is 5.75 Å². The number of benzene rings is 1. The monoisotopic (exact) mass is 267 g/mol. The summed E-state index contributed by atoms with van der Waals surface area (Å²) >= 11 is 1.02. The number of unbranched alkanes of at least 4 members (excludes halogenated alkanes) is 1. The summed E-state index contributed by atoms with van der Waals surface area (Å²) in [7, 11) is 0. The van der Waals surface area contributed by atoms with Crippen LogP contribution < -0.4 is 15.0 Å². The van der Waals surface area contributed by atoms with Crippen molar-refractivity contribution in [3.05, 3.63) is 27.9 Å². The van der Waals surface area contributed by atoms with Gasteiger partial charge in [0, 0.05) is 12.6 Å². The molecule has 5 nitrogen and oxygen atoms in total. The van der Waals surface area contributed by atoms with Crippen molar-refractivity contribution < 1.29 is 13.9 Å². The van der Waals surface area contributed by atoms with Crippen molar-refractivity contribution in [2.24, 2.45) is 0 Å². The largest absolute Gasteiger partial charge is 0.414 e. The van der Waals surface area contributed by atoms with E-state index in [4.69, 9.17) is 9.15 Å². The van der Waals surface area contributed by atoms with Gasteiger partial charge in [-0.15, -0.1) is 0 Å². The van der Waals surface area contributed by atoms with Crippen LogP contribution in [0.25, 0.3) is 10.3 Å². The van der Waals surface area contributed by atoms with E-state index < -0.39 is 6.09 Å². The summed E-state index contributed by atoms with van der Waals surface area (Å²) in [6.07, 6.45) is 1.42. The molecule has 96 valence electrons. The summed E-state index contributed by atoms with van der Waals surface area (Å²) < 4.78 is 10.7. The van der Waals surface area contributed by atoms with Crippen LogP contribution in [0.2, 0.25) is 0 Å². The molecule has 2 rings (SSSR count). The van der Waals surface area contributed by atoms with E-state index in [0.29, 0.717) is 17.9 Å². The van der Waals surface area contributed by atoms with Crippen LogP contribution in [0.1, 0.15) is 19.8 Å². The third kappa shape index (κ3) is 3.10. The Hall–Kier alpha value is -1.82. The zero-order valence-electron chi connectivity index (χ0n) is 9.89. The van der Waals surface area contributed by atoms with Gasteiger partial charge in [0.2, 0.25) is 0 Å². The molecule has 0 aliphatic heterocycles. The maximum Gasteiger partial charge on any atom is 0.412 e. The van der Waals surface area contributed by atoms with Gasteiger partial charge in [0.25, 0.3) is 0 Å². The van der Waals surface area contributed by atoms with Gasteiger partial charge < -0.3 is 14.5 Å². The molecule has 18 heavy (non-hydrogen) atoms. The molecule has 0 radical (unpaired) electrons. The summed E-state index contributed by atoms with van der Waals surface area (Å²) in [6, 6.07) is 4.86. The minimum absolute atomic E-state index is 0.359. The van der Waals surface area contributed by atoms with E-state index in [-0.39, 0.29) is 4.94 Å². The van der Waals surface area contributed by atoms with Gasteiger partial charge >= 0.3 is 11.0 Å². The lowest BCUT2D eigenvalue weighted by molar-refractivity contribution is 0.200. The van der Waals surface area contributed by atoms with Crippen LogP contribution in [0.3, 0.4) is 0 Å². The zero-order chi connectivity index (χ0) is 13.0. The Morgan fingerprint density at radius 1 is 1.50 bits per heavy atom. The second kappa shape index (κ2) is 5.68. The third-order valence-corrected chi connectivity index (χ3v) is 3.12. The fraction of sp³-hybridized carbons (Fsp3) is 0.333. The highest BCUT2D eigenvalue weighted by Gasteiger charge is 2.07. The lowest BCUT2D eigenvalue weighted by Gasteiger charge is -2.05. The van der Waals surface area contributed by atoms with Gasteiger partial charge in [-0.1, -0.05) is 24.7 Å². The second-order valence-corrected chi connectivity index (χ2v) is 4.71. The van der Waals surface area contributed by atoms with Gasteiger partial charge in [-0.2, -0.15) is 0 Å². The van der Waals surface area contributed by atoms with Gasteiger partial charge in [-0.25, -0.2) is 9.59 Å². The molecule has 0 bridgehead atoms. The maximum atomic E-state index is 11.4. The van der Waals surface area contributed by atoms with Crippen LogP contribution in [0.4, 0.5) is 4.79 Å². The molecule has 1 aromatic heterocycles. The van der Waals surface area contributed by atoms with Crippen LogP contribution >= 0.6 is 11.3 Å². The molecule has 1 amide bonds. The predicted molar refractivity (Wildman–Crippen MR) is 69.3 cm³/mol. The molecule has 0 saturated heterocycles. The molecular formula is C12H13NO4S. The van der Waals surface area contributed by atoms with Crippen molar-refractivity contribution in [2.45, 2.75) is 19.8 Å². The van der Waals surface area contributed by atoms with Crippen LogP contribution in [0, 0.1) is 0 Å². The molecular weight excluding hydrogens is 254 g/mol. The van der Waals surface area contributed by atoms with Crippen LogP contribution in [0.15, 0.2) is 27.4 Å². The van der Waals surface area contributed by atoms with Crippen molar-refractivity contribution in [3.63, 3.8) is 0 Å². The Morgan fingerprint density at radius 3 is 3.11 bits per heavy atom. The molecule has 0 atom stereocenters. The summed E-state index contributed by atoms with van der Waals surface area (Å²) in [4.78, 5) is 22.1.